The fourth-order valence-electron chi connectivity index (χ4n) is 2.13. The highest BCUT2D eigenvalue weighted by Crippen LogP contribution is 2.23. The Kier molecular flexibility index (Phi) is 5.88. The highest BCUT2D eigenvalue weighted by molar-refractivity contribution is 6.33. The van der Waals surface area contributed by atoms with Gasteiger partial charge in [-0.05, 0) is 17.5 Å². The van der Waals surface area contributed by atoms with E-state index in [1.54, 1.807) is 12.1 Å². The molecule has 0 spiro atoms. The van der Waals surface area contributed by atoms with Crippen molar-refractivity contribution < 1.29 is 19.2 Å². The van der Waals surface area contributed by atoms with Crippen molar-refractivity contribution in [2.24, 2.45) is 0 Å². The largest absolute Gasteiger partial charge is 0.454 e. The lowest BCUT2D eigenvalue weighted by Gasteiger charge is -2.08. The van der Waals surface area contributed by atoms with Crippen LogP contribution in [0, 0.1) is 10.1 Å². The van der Waals surface area contributed by atoms with Gasteiger partial charge in [-0.3, -0.25) is 14.9 Å². The Hall–Kier alpha value is -2.73. The van der Waals surface area contributed by atoms with Crippen LogP contribution in [0.2, 0.25) is 5.02 Å². The third-order valence-corrected chi connectivity index (χ3v) is 3.94. The summed E-state index contributed by atoms with van der Waals surface area (Å²) in [7, 11) is 0. The van der Waals surface area contributed by atoms with E-state index in [4.69, 9.17) is 16.3 Å². The van der Waals surface area contributed by atoms with Gasteiger partial charge in [0.05, 0.1) is 15.5 Å². The number of nitro groups is 1. The van der Waals surface area contributed by atoms with E-state index in [2.05, 4.69) is 0 Å². The minimum Gasteiger partial charge on any atom is -0.454 e. The van der Waals surface area contributed by atoms with Gasteiger partial charge in [-0.25, -0.2) is 4.79 Å². The van der Waals surface area contributed by atoms with E-state index in [1.165, 1.54) is 12.1 Å². The molecule has 0 aromatic heterocycles. The van der Waals surface area contributed by atoms with Crippen molar-refractivity contribution in [3.63, 3.8) is 0 Å². The van der Waals surface area contributed by atoms with Gasteiger partial charge in [0.2, 0.25) is 0 Å². The molecule has 6 nitrogen and oxygen atoms in total. The van der Waals surface area contributed by atoms with Crippen molar-refractivity contribution in [1.29, 1.82) is 0 Å². The molecule has 0 bridgehead atoms. The lowest BCUT2D eigenvalue weighted by molar-refractivity contribution is -0.384. The van der Waals surface area contributed by atoms with Gasteiger partial charge < -0.3 is 4.74 Å². The molecule has 25 heavy (non-hydrogen) atoms. The van der Waals surface area contributed by atoms with Crippen LogP contribution in [0.4, 0.5) is 5.69 Å². The molecule has 0 unspecified atom stereocenters. The van der Waals surface area contributed by atoms with Gasteiger partial charge in [-0.15, -0.1) is 0 Å². The molecule has 2 aromatic rings. The molecule has 2 aromatic carbocycles. The number of non-ortho nitro benzene ring substituents is 1. The summed E-state index contributed by atoms with van der Waals surface area (Å²) in [4.78, 5) is 34.3. The van der Waals surface area contributed by atoms with Crippen molar-refractivity contribution in [2.75, 3.05) is 6.61 Å². The van der Waals surface area contributed by atoms with Gasteiger partial charge in [0.15, 0.2) is 12.4 Å². The van der Waals surface area contributed by atoms with Gasteiger partial charge in [0.25, 0.3) is 5.69 Å². The summed E-state index contributed by atoms with van der Waals surface area (Å²) in [6.45, 7) is 3.61. The second-order valence-corrected chi connectivity index (χ2v) is 6.10. The number of halogens is 1. The van der Waals surface area contributed by atoms with E-state index in [9.17, 15) is 19.7 Å². The number of carbonyl (C=O) groups is 2. The zero-order valence-corrected chi connectivity index (χ0v) is 14.4. The number of nitro benzene ring substituents is 1. The Labute approximate surface area is 149 Å². The molecule has 0 aliphatic heterocycles. The normalized spacial score (nSPS) is 10.6. The number of ketones is 1. The molecule has 0 saturated heterocycles. The summed E-state index contributed by atoms with van der Waals surface area (Å²) >= 11 is 5.87. The van der Waals surface area contributed by atoms with Crippen molar-refractivity contribution >= 4 is 29.0 Å². The highest BCUT2D eigenvalue weighted by Gasteiger charge is 2.18. The summed E-state index contributed by atoms with van der Waals surface area (Å²) in [6, 6.07) is 10.5. The Morgan fingerprint density at radius 2 is 1.80 bits per heavy atom. The number of hydrogen-bond donors (Lipinski definition) is 0. The Balaban J connectivity index is 2.05. The number of ether oxygens (including phenoxy) is 1. The number of benzene rings is 2. The maximum Gasteiger partial charge on any atom is 0.340 e. The minimum atomic E-state index is -0.888. The Bertz CT molecular complexity index is 815. The average Bonchev–Trinajstić information content (AvgIpc) is 2.59. The predicted octanol–water partition coefficient (Wildman–Crippen LogP) is 4.41. The maximum atomic E-state index is 12.1. The monoisotopic (exact) mass is 361 g/mol. The molecule has 0 radical (unpaired) electrons. The van der Waals surface area contributed by atoms with E-state index in [0.29, 0.717) is 11.5 Å². The second kappa shape index (κ2) is 7.90. The zero-order chi connectivity index (χ0) is 18.6. The predicted molar refractivity (Wildman–Crippen MR) is 93.3 cm³/mol. The highest BCUT2D eigenvalue weighted by atomic mass is 35.5. The molecular weight excluding hydrogens is 346 g/mol. The number of nitrogens with zero attached hydrogens (tertiary/aromatic N) is 1. The van der Waals surface area contributed by atoms with Crippen LogP contribution in [-0.4, -0.2) is 23.3 Å². The molecule has 0 N–H and O–H groups in total. The van der Waals surface area contributed by atoms with Crippen LogP contribution in [0.15, 0.2) is 42.5 Å². The Morgan fingerprint density at radius 3 is 2.36 bits per heavy atom. The van der Waals surface area contributed by atoms with Crippen molar-refractivity contribution in [3.05, 3.63) is 74.3 Å². The number of hydrogen-bond acceptors (Lipinski definition) is 5. The molecule has 0 amide bonds. The third-order valence-electron chi connectivity index (χ3n) is 3.61. The first-order valence-corrected chi connectivity index (χ1v) is 7.91. The lowest BCUT2D eigenvalue weighted by Crippen LogP contribution is -2.15. The van der Waals surface area contributed by atoms with Gasteiger partial charge in [-0.2, -0.15) is 0 Å². The molecule has 0 aliphatic carbocycles. The fourth-order valence-corrected chi connectivity index (χ4v) is 2.32. The van der Waals surface area contributed by atoms with E-state index in [1.807, 2.05) is 26.0 Å². The lowest BCUT2D eigenvalue weighted by atomic mass is 10.0. The zero-order valence-electron chi connectivity index (χ0n) is 13.7. The van der Waals surface area contributed by atoms with E-state index < -0.39 is 17.5 Å². The quantitative estimate of drug-likeness (QED) is 0.329. The van der Waals surface area contributed by atoms with E-state index in [0.717, 1.165) is 11.6 Å². The molecule has 2 rings (SSSR count). The SMILES string of the molecule is CC(C)c1ccc(C(=O)COC(=O)c2cc([N+](=O)[O-])ccc2Cl)cc1. The maximum absolute atomic E-state index is 12.1. The van der Waals surface area contributed by atoms with Crippen molar-refractivity contribution in [3.8, 4) is 0 Å². The number of carbonyl (C=O) groups excluding carboxylic acids is 2. The van der Waals surface area contributed by atoms with Gasteiger partial charge in [0, 0.05) is 17.7 Å². The third kappa shape index (κ3) is 4.64. The molecule has 7 heteroatoms. The van der Waals surface area contributed by atoms with Gasteiger partial charge in [0.1, 0.15) is 0 Å². The Morgan fingerprint density at radius 1 is 1.16 bits per heavy atom. The van der Waals surface area contributed by atoms with Gasteiger partial charge in [-0.1, -0.05) is 49.7 Å². The standard InChI is InChI=1S/C18H16ClNO5/c1-11(2)12-3-5-13(6-4-12)17(21)10-25-18(22)15-9-14(20(23)24)7-8-16(15)19/h3-9,11H,10H2,1-2H3. The first-order valence-electron chi connectivity index (χ1n) is 7.54. The van der Waals surface area contributed by atoms with Crippen molar-refractivity contribution in [2.45, 2.75) is 19.8 Å². The summed E-state index contributed by atoms with van der Waals surface area (Å²) in [5, 5.41) is 10.8. The summed E-state index contributed by atoms with van der Waals surface area (Å²) in [5.41, 5.74) is 1.07. The number of rotatable bonds is 6. The molecule has 0 heterocycles. The van der Waals surface area contributed by atoms with Crippen LogP contribution in [-0.2, 0) is 4.74 Å². The smallest absolute Gasteiger partial charge is 0.340 e. The van der Waals surface area contributed by atoms with Crippen LogP contribution in [0.1, 0.15) is 46.0 Å². The summed E-state index contributed by atoms with van der Waals surface area (Å²) in [5.74, 6) is -0.913. The second-order valence-electron chi connectivity index (χ2n) is 5.70. The molecule has 0 fully saturated rings. The molecule has 130 valence electrons. The fraction of sp³-hybridized carbons (Fsp3) is 0.222. The number of Topliss-reactive ketones (excluding diaryl/α,β-unsaturated/α-hetero) is 1. The van der Waals surface area contributed by atoms with Crippen LogP contribution in [0.5, 0.6) is 0 Å². The van der Waals surface area contributed by atoms with E-state index in [-0.39, 0.29) is 22.1 Å². The van der Waals surface area contributed by atoms with E-state index >= 15 is 0 Å². The minimum absolute atomic E-state index is 0.0179. The first kappa shape index (κ1) is 18.6. The number of esters is 1. The van der Waals surface area contributed by atoms with Gasteiger partial charge >= 0.3 is 5.97 Å². The first-order chi connectivity index (χ1) is 11.8. The summed E-state index contributed by atoms with van der Waals surface area (Å²) < 4.78 is 4.94. The average molecular weight is 362 g/mol. The van der Waals surface area contributed by atoms with Crippen LogP contribution < -0.4 is 0 Å². The van der Waals surface area contributed by atoms with Crippen molar-refractivity contribution in [1.82, 2.24) is 0 Å². The summed E-state index contributed by atoms with van der Waals surface area (Å²) in [6.07, 6.45) is 0. The molecule has 0 atom stereocenters. The van der Waals surface area contributed by atoms with Crippen LogP contribution in [0.3, 0.4) is 0 Å². The van der Waals surface area contributed by atoms with Crippen LogP contribution in [0.25, 0.3) is 0 Å². The van der Waals surface area contributed by atoms with Crippen LogP contribution >= 0.6 is 11.6 Å². The topological polar surface area (TPSA) is 86.5 Å². The molecule has 0 saturated carbocycles. The molecular formula is C18H16ClNO5. The molecule has 0 aliphatic rings.